The Hall–Kier alpha value is -1.98. The largest absolute Gasteiger partial charge is 0.357 e. The van der Waals surface area contributed by atoms with E-state index in [9.17, 15) is 9.59 Å². The van der Waals surface area contributed by atoms with Crippen LogP contribution in [0.1, 0.15) is 25.3 Å². The van der Waals surface area contributed by atoms with Crippen LogP contribution in [0.4, 0.5) is 0 Å². The van der Waals surface area contributed by atoms with Crippen molar-refractivity contribution in [2.24, 2.45) is 0 Å². The number of rotatable bonds is 9. The van der Waals surface area contributed by atoms with Crippen molar-refractivity contribution in [2.75, 3.05) is 12.8 Å². The number of hydrogen-bond donors (Lipinski definition) is 1. The van der Waals surface area contributed by atoms with E-state index in [0.29, 0.717) is 30.2 Å². The number of thioether (sulfide) groups is 1. The van der Waals surface area contributed by atoms with Gasteiger partial charge in [-0.3, -0.25) is 9.59 Å². The van der Waals surface area contributed by atoms with Crippen molar-refractivity contribution in [3.8, 4) is 0 Å². The topological polar surface area (TPSA) is 49.4 Å². The zero-order chi connectivity index (χ0) is 19.6. The second-order valence-electron chi connectivity index (χ2n) is 6.06. The predicted molar refractivity (Wildman–Crippen MR) is 112 cm³/mol. The van der Waals surface area contributed by atoms with Gasteiger partial charge in [0.25, 0.3) is 0 Å². The zero-order valence-electron chi connectivity index (χ0n) is 15.7. The molecule has 0 fully saturated rings. The smallest absolute Gasteiger partial charge is 0.242 e. The standard InChI is InChI=1S/C21H25ClN2O2S/c1-3-19(21(26)23-2)24(15-16-9-7-8-12-18(16)22)20(25)13-14-27-17-10-5-4-6-11-17/h4-12,19H,3,13-15H2,1-2H3,(H,23,26)/t19-/m0/s1. The molecule has 0 radical (unpaired) electrons. The van der Waals surface area contributed by atoms with E-state index in [4.69, 9.17) is 11.6 Å². The number of hydrogen-bond acceptors (Lipinski definition) is 3. The molecule has 0 saturated heterocycles. The lowest BCUT2D eigenvalue weighted by atomic mass is 10.1. The molecule has 1 atom stereocenters. The quantitative estimate of drug-likeness (QED) is 0.631. The lowest BCUT2D eigenvalue weighted by molar-refractivity contribution is -0.140. The fraction of sp³-hybridized carbons (Fsp3) is 0.333. The first-order chi connectivity index (χ1) is 13.1. The van der Waals surface area contributed by atoms with E-state index in [1.807, 2.05) is 55.5 Å². The summed E-state index contributed by atoms with van der Waals surface area (Å²) >= 11 is 7.91. The maximum Gasteiger partial charge on any atom is 0.242 e. The third-order valence-electron chi connectivity index (χ3n) is 4.26. The Bertz CT molecular complexity index is 755. The molecule has 2 aromatic rings. The molecule has 0 aliphatic rings. The second-order valence-corrected chi connectivity index (χ2v) is 7.64. The van der Waals surface area contributed by atoms with Crippen LogP contribution in [0, 0.1) is 0 Å². The molecule has 2 rings (SSSR count). The van der Waals surface area contributed by atoms with Crippen molar-refractivity contribution in [1.29, 1.82) is 0 Å². The molecule has 27 heavy (non-hydrogen) atoms. The van der Waals surface area contributed by atoms with Crippen molar-refractivity contribution in [3.63, 3.8) is 0 Å². The maximum absolute atomic E-state index is 13.0. The van der Waals surface area contributed by atoms with Gasteiger partial charge in [-0.15, -0.1) is 11.8 Å². The fourth-order valence-corrected chi connectivity index (χ4v) is 3.87. The highest BCUT2D eigenvalue weighted by atomic mass is 35.5. The Morgan fingerprint density at radius 2 is 1.78 bits per heavy atom. The van der Waals surface area contributed by atoms with Gasteiger partial charge in [0.2, 0.25) is 11.8 Å². The van der Waals surface area contributed by atoms with Gasteiger partial charge in [0, 0.05) is 35.7 Å². The Labute approximate surface area is 170 Å². The molecule has 4 nitrogen and oxygen atoms in total. The van der Waals surface area contributed by atoms with Crippen LogP contribution in [0.3, 0.4) is 0 Å². The first kappa shape index (κ1) is 21.3. The van der Waals surface area contributed by atoms with Gasteiger partial charge in [-0.05, 0) is 30.2 Å². The van der Waals surface area contributed by atoms with Gasteiger partial charge in [0.1, 0.15) is 6.04 Å². The van der Waals surface area contributed by atoms with Crippen LogP contribution in [0.5, 0.6) is 0 Å². The first-order valence-electron chi connectivity index (χ1n) is 8.99. The van der Waals surface area contributed by atoms with E-state index in [2.05, 4.69) is 5.32 Å². The van der Waals surface area contributed by atoms with Crippen LogP contribution in [0.25, 0.3) is 0 Å². The highest BCUT2D eigenvalue weighted by molar-refractivity contribution is 7.99. The molecule has 1 N–H and O–H groups in total. The summed E-state index contributed by atoms with van der Waals surface area (Å²) in [6.07, 6.45) is 0.902. The second kappa shape index (κ2) is 11.0. The van der Waals surface area contributed by atoms with Crippen molar-refractivity contribution in [1.82, 2.24) is 10.2 Å². The van der Waals surface area contributed by atoms with Crippen molar-refractivity contribution in [3.05, 3.63) is 65.2 Å². The van der Waals surface area contributed by atoms with Gasteiger partial charge < -0.3 is 10.2 Å². The molecular formula is C21H25ClN2O2S. The number of nitrogens with zero attached hydrogens (tertiary/aromatic N) is 1. The Kier molecular flexibility index (Phi) is 8.69. The lowest BCUT2D eigenvalue weighted by Gasteiger charge is -2.30. The predicted octanol–water partition coefficient (Wildman–Crippen LogP) is 4.38. The lowest BCUT2D eigenvalue weighted by Crippen LogP contribution is -2.48. The summed E-state index contributed by atoms with van der Waals surface area (Å²) in [4.78, 5) is 28.0. The average Bonchev–Trinajstić information content (AvgIpc) is 2.69. The minimum Gasteiger partial charge on any atom is -0.357 e. The van der Waals surface area contributed by atoms with Crippen LogP contribution < -0.4 is 5.32 Å². The van der Waals surface area contributed by atoms with Gasteiger partial charge in [0.05, 0.1) is 0 Å². The van der Waals surface area contributed by atoms with Gasteiger partial charge in [-0.1, -0.05) is 54.9 Å². The SMILES string of the molecule is CC[C@@H](C(=O)NC)N(Cc1ccccc1Cl)C(=O)CCSc1ccccc1. The number of nitrogens with one attached hydrogen (secondary N) is 1. The number of likely N-dealkylation sites (N-methyl/N-ethyl adjacent to an activating group) is 1. The summed E-state index contributed by atoms with van der Waals surface area (Å²) in [5.74, 6) is 0.453. The minimum atomic E-state index is -0.513. The first-order valence-corrected chi connectivity index (χ1v) is 10.4. The molecule has 6 heteroatoms. The molecule has 0 aliphatic carbocycles. The number of carbonyl (C=O) groups excluding carboxylic acids is 2. The molecule has 0 heterocycles. The number of halogens is 1. The van der Waals surface area contributed by atoms with Gasteiger partial charge in [-0.2, -0.15) is 0 Å². The fourth-order valence-electron chi connectivity index (χ4n) is 2.81. The third kappa shape index (κ3) is 6.29. The van der Waals surface area contributed by atoms with Crippen LogP contribution in [0.15, 0.2) is 59.5 Å². The summed E-state index contributed by atoms with van der Waals surface area (Å²) in [5.41, 5.74) is 0.839. The number of benzene rings is 2. The third-order valence-corrected chi connectivity index (χ3v) is 5.64. The number of amides is 2. The van der Waals surface area contributed by atoms with Gasteiger partial charge >= 0.3 is 0 Å². The van der Waals surface area contributed by atoms with E-state index in [1.54, 1.807) is 29.8 Å². The molecule has 0 bridgehead atoms. The molecule has 0 unspecified atom stereocenters. The van der Waals surface area contributed by atoms with E-state index in [0.717, 1.165) is 10.5 Å². The molecule has 0 aromatic heterocycles. The molecule has 2 amide bonds. The number of carbonyl (C=O) groups is 2. The summed E-state index contributed by atoms with van der Waals surface area (Å²) in [6, 6.07) is 16.9. The summed E-state index contributed by atoms with van der Waals surface area (Å²) in [6.45, 7) is 2.23. The molecule has 0 spiro atoms. The van der Waals surface area contributed by atoms with Crippen molar-refractivity contribution < 1.29 is 9.59 Å². The molecule has 0 aliphatic heterocycles. The highest BCUT2D eigenvalue weighted by Crippen LogP contribution is 2.22. The van der Waals surface area contributed by atoms with E-state index < -0.39 is 6.04 Å². The van der Waals surface area contributed by atoms with Crippen molar-refractivity contribution >= 4 is 35.2 Å². The van der Waals surface area contributed by atoms with Gasteiger partial charge in [-0.25, -0.2) is 0 Å². The average molecular weight is 405 g/mol. The highest BCUT2D eigenvalue weighted by Gasteiger charge is 2.28. The van der Waals surface area contributed by atoms with E-state index >= 15 is 0 Å². The Balaban J connectivity index is 2.11. The summed E-state index contributed by atoms with van der Waals surface area (Å²) in [5, 5.41) is 3.26. The Morgan fingerprint density at radius 1 is 1.11 bits per heavy atom. The van der Waals surface area contributed by atoms with Crippen LogP contribution in [0.2, 0.25) is 5.02 Å². The molecule has 144 valence electrons. The monoisotopic (exact) mass is 404 g/mol. The zero-order valence-corrected chi connectivity index (χ0v) is 17.2. The van der Waals surface area contributed by atoms with Crippen LogP contribution in [-0.4, -0.2) is 35.6 Å². The normalized spacial score (nSPS) is 11.7. The van der Waals surface area contributed by atoms with Gasteiger partial charge in [0.15, 0.2) is 0 Å². The molecule has 0 saturated carbocycles. The minimum absolute atomic E-state index is 0.0474. The summed E-state index contributed by atoms with van der Waals surface area (Å²) in [7, 11) is 1.59. The van der Waals surface area contributed by atoms with Crippen molar-refractivity contribution in [2.45, 2.75) is 37.2 Å². The molecule has 2 aromatic carbocycles. The van der Waals surface area contributed by atoms with E-state index in [-0.39, 0.29) is 11.8 Å². The Morgan fingerprint density at radius 3 is 2.41 bits per heavy atom. The van der Waals surface area contributed by atoms with Crippen LogP contribution in [-0.2, 0) is 16.1 Å². The molecular weight excluding hydrogens is 380 g/mol. The van der Waals surface area contributed by atoms with Crippen LogP contribution >= 0.6 is 23.4 Å². The maximum atomic E-state index is 13.0. The summed E-state index contributed by atoms with van der Waals surface area (Å²) < 4.78 is 0. The van der Waals surface area contributed by atoms with E-state index in [1.165, 1.54) is 0 Å².